The zero-order valence-corrected chi connectivity index (χ0v) is 84.4. The third-order valence-electron chi connectivity index (χ3n) is 29.7. The summed E-state index contributed by atoms with van der Waals surface area (Å²) >= 11 is 0. The van der Waals surface area contributed by atoms with Crippen LogP contribution in [0, 0.1) is 0 Å². The Hall–Kier alpha value is -10.7. The smallest absolute Gasteiger partial charge is 0.254 e. The average molecular weight is 1830 g/mol. The number of carbonyl (C=O) groups excluding carboxylic acids is 4. The summed E-state index contributed by atoms with van der Waals surface area (Å²) in [5, 5.41) is 0. The van der Waals surface area contributed by atoms with Gasteiger partial charge in [0.2, 0.25) is 0 Å². The summed E-state index contributed by atoms with van der Waals surface area (Å²) in [5.41, 5.74) is 20.6. The van der Waals surface area contributed by atoms with Crippen molar-refractivity contribution < 1.29 is 19.2 Å². The van der Waals surface area contributed by atoms with Crippen LogP contribution < -0.4 is 0 Å². The third kappa shape index (κ3) is 28.7. The first-order chi connectivity index (χ1) is 66.7. The molecule has 0 saturated heterocycles. The van der Waals surface area contributed by atoms with Gasteiger partial charge in [0.1, 0.15) is 0 Å². The maximum Gasteiger partial charge on any atom is 0.254 e. The second-order valence-corrected chi connectivity index (χ2v) is 39.7. The number of hydrogen-bond acceptors (Lipinski definition) is 6. The molecule has 136 heavy (non-hydrogen) atoms. The number of allylic oxidation sites excluding steroid dienone is 12. The number of carbonyl (C=O) groups is 4. The number of benzene rings is 4. The van der Waals surface area contributed by atoms with Gasteiger partial charge in [-0.2, -0.15) is 0 Å². The van der Waals surface area contributed by atoms with Gasteiger partial charge >= 0.3 is 0 Å². The van der Waals surface area contributed by atoms with Crippen molar-refractivity contribution in [1.82, 2.24) is 39.5 Å². The first kappa shape index (κ1) is 103. The van der Waals surface area contributed by atoms with Crippen molar-refractivity contribution >= 4 is 70.0 Å². The number of amides is 4. The highest BCUT2D eigenvalue weighted by Crippen LogP contribution is 2.41. The van der Waals surface area contributed by atoms with Crippen molar-refractivity contribution in [2.45, 2.75) is 362 Å². The fraction of sp³-hybridized carbons (Fsp3) is 0.484. The van der Waals surface area contributed by atoms with Crippen LogP contribution in [0.5, 0.6) is 0 Å². The molecule has 8 bridgehead atoms. The minimum Gasteiger partial charge on any atom is -0.354 e. The minimum absolute atomic E-state index is 0.0248. The number of hydrogen-bond donors (Lipinski definition) is 2. The molecule has 4 unspecified atom stereocenters. The topological polar surface area (TPSA) is 139 Å². The number of nitrogens with zero attached hydrogens (tertiary/aromatic N) is 6. The molecule has 2 aliphatic heterocycles. The molecular weight excluding hydrogens is 1670 g/mol. The second-order valence-electron chi connectivity index (χ2n) is 39.7. The standard InChI is InChI=1S/C124H162N8O4/c1-9-13-17-21-25-29-33-37-41-53-89-129(93(5)97-57-45-46-58-97)121(133)105-73-65-101(66-74-105)117-109-81-83-111(125-109)118(102-67-75-106(76-68-102)122(134)130(94(6)98-59-47-48-60-98)90-54-42-38-34-30-26-22-18-14-10-2)113-85-87-115(127-113)120(104-71-79-108(80-72-104)124(136)132(96(8)100-63-51-52-64-100)92-56-44-40-36-32-28-24-20-16-12-4)116-88-86-114(128-116)119(112-84-82-110(117)126-112)103-69-77-107(78-70-103)123(135)131(95(7)99-61-49-50-62-99)91-55-43-39-35-31-27-23-19-15-11-3/h45-52,57,59,61,63,65-88,93-96,125,128H,9-44,53-56,58,60,62,64,89-92H2,1-8H3. The van der Waals surface area contributed by atoms with Gasteiger partial charge < -0.3 is 29.6 Å². The van der Waals surface area contributed by atoms with Crippen molar-refractivity contribution in [3.8, 4) is 44.5 Å². The summed E-state index contributed by atoms with van der Waals surface area (Å²) in [6.07, 6.45) is 86.9. The van der Waals surface area contributed by atoms with Gasteiger partial charge in [-0.25, -0.2) is 9.97 Å². The van der Waals surface area contributed by atoms with E-state index >= 15 is 19.2 Å². The second kappa shape index (κ2) is 55.0. The van der Waals surface area contributed by atoms with Gasteiger partial charge in [-0.05, 0) is 221 Å². The number of aromatic nitrogens is 4. The molecule has 12 nitrogen and oxygen atoms in total. The number of nitrogens with one attached hydrogen (secondary N) is 2. The van der Waals surface area contributed by atoms with Gasteiger partial charge in [0.25, 0.3) is 23.6 Å². The zero-order valence-electron chi connectivity index (χ0n) is 84.4. The number of fused-ring (bicyclic) bond motifs is 8. The Morgan fingerprint density at radius 1 is 0.250 bits per heavy atom. The van der Waals surface area contributed by atoms with Crippen molar-refractivity contribution in [3.05, 3.63) is 262 Å². The summed E-state index contributed by atoms with van der Waals surface area (Å²) in [4.78, 5) is 89.6. The summed E-state index contributed by atoms with van der Waals surface area (Å²) in [6.45, 7) is 20.6. The van der Waals surface area contributed by atoms with Crippen LogP contribution in [0.1, 0.15) is 402 Å². The van der Waals surface area contributed by atoms with Gasteiger partial charge in [-0.3, -0.25) is 19.2 Å². The SMILES string of the molecule is CCCCCCCCCCCCN(C(=O)c1ccc(-c2c3nc(c(-c4ccc(C(=O)N(CCCCCCCCCCCC)C(C)C5=CC=CC5)cc4)c4ccc([nH]4)c(-c4ccc(C(=O)N(CCCCCCCCCCCC)C(C)C5=CC=CC5)cc4)c4nc(c(-c5ccc(C(=O)N(CCCCCCCCCCCC)C(C)C6=CC=CC6)cc5)c5ccc2[nH]5)C=C4)C=C3)cc1)C(C)C1=CC=CC1. The fourth-order valence-electron chi connectivity index (χ4n) is 21.1. The number of aromatic amines is 2. The van der Waals surface area contributed by atoms with Gasteiger partial charge in [-0.1, -0.05) is 380 Å². The van der Waals surface area contributed by atoms with Crippen LogP contribution in [0.15, 0.2) is 217 Å². The largest absolute Gasteiger partial charge is 0.354 e. The molecule has 0 saturated carbocycles. The van der Waals surface area contributed by atoms with Crippen molar-refractivity contribution in [1.29, 1.82) is 0 Å². The summed E-state index contributed by atoms with van der Waals surface area (Å²) < 4.78 is 0. The predicted molar refractivity (Wildman–Crippen MR) is 577 cm³/mol. The normalized spacial score (nSPS) is 14.5. The molecule has 4 atom stereocenters. The maximum atomic E-state index is 15.4. The van der Waals surface area contributed by atoms with Crippen LogP contribution in [0.25, 0.3) is 90.9 Å². The number of unbranched alkanes of at least 4 members (excludes halogenated alkanes) is 36. The lowest BCUT2D eigenvalue weighted by molar-refractivity contribution is 0.0704. The molecule has 4 amide bonds. The Morgan fingerprint density at radius 2 is 0.426 bits per heavy atom. The van der Waals surface area contributed by atoms with Gasteiger partial charge in [-0.15, -0.1) is 0 Å². The third-order valence-corrected chi connectivity index (χ3v) is 29.7. The summed E-state index contributed by atoms with van der Waals surface area (Å²) in [5.74, 6) is 0.0991. The van der Waals surface area contributed by atoms with E-state index in [-0.39, 0.29) is 47.8 Å². The molecular formula is C124H162N8O4. The number of rotatable bonds is 60. The quantitative estimate of drug-likeness (QED) is 0.0364. The molecule has 2 N–H and O–H groups in total. The molecule has 0 radical (unpaired) electrons. The highest BCUT2D eigenvalue weighted by Gasteiger charge is 2.31. The summed E-state index contributed by atoms with van der Waals surface area (Å²) in [7, 11) is 0. The van der Waals surface area contributed by atoms with E-state index in [0.717, 1.165) is 166 Å². The molecule has 0 fully saturated rings. The summed E-state index contributed by atoms with van der Waals surface area (Å²) in [6, 6.07) is 41.2. The first-order valence-electron chi connectivity index (χ1n) is 54.0. The van der Waals surface area contributed by atoms with Crippen LogP contribution >= 0.6 is 0 Å². The maximum absolute atomic E-state index is 15.4. The van der Waals surface area contributed by atoms with Crippen molar-refractivity contribution in [2.24, 2.45) is 0 Å². The first-order valence-corrected chi connectivity index (χ1v) is 54.0. The molecule has 4 aromatic carbocycles. The van der Waals surface area contributed by atoms with Crippen LogP contribution in [-0.4, -0.2) is 114 Å². The molecule has 3 aromatic heterocycles. The highest BCUT2D eigenvalue weighted by molar-refractivity contribution is 6.03. The molecule has 13 rings (SSSR count). The molecule has 722 valence electrons. The van der Waals surface area contributed by atoms with E-state index in [0.29, 0.717) is 48.4 Å². The Balaban J connectivity index is 0.925. The van der Waals surface area contributed by atoms with E-state index in [1.54, 1.807) is 0 Å². The Kier molecular flexibility index (Phi) is 41.5. The molecule has 4 aliphatic carbocycles. The van der Waals surface area contributed by atoms with Crippen LogP contribution in [0.3, 0.4) is 0 Å². The molecule has 12 heteroatoms. The zero-order chi connectivity index (χ0) is 95.0. The molecule has 7 aromatic rings. The van der Waals surface area contributed by atoms with Gasteiger partial charge in [0, 0.05) is 92.8 Å². The van der Waals surface area contributed by atoms with Crippen LogP contribution in [-0.2, 0) is 0 Å². The lowest BCUT2D eigenvalue weighted by Crippen LogP contribution is -2.40. The van der Waals surface area contributed by atoms with Crippen molar-refractivity contribution in [3.63, 3.8) is 0 Å². The van der Waals surface area contributed by atoms with E-state index in [1.807, 2.05) is 48.5 Å². The van der Waals surface area contributed by atoms with E-state index in [4.69, 9.17) is 9.97 Å². The van der Waals surface area contributed by atoms with E-state index < -0.39 is 0 Å². The van der Waals surface area contributed by atoms with E-state index in [9.17, 15) is 0 Å². The lowest BCUT2D eigenvalue weighted by Gasteiger charge is -2.31. The van der Waals surface area contributed by atoms with Crippen LogP contribution in [0.4, 0.5) is 0 Å². The lowest BCUT2D eigenvalue weighted by atomic mass is 10.00. The number of H-pyrrole nitrogens is 2. The van der Waals surface area contributed by atoms with Gasteiger partial charge in [0.15, 0.2) is 0 Å². The van der Waals surface area contributed by atoms with E-state index in [2.05, 4.69) is 255 Å². The average Bonchev–Trinajstić information content (AvgIpc) is 1.61. The minimum atomic E-state index is -0.0646. The Labute approximate surface area is 817 Å². The molecule has 5 heterocycles. The van der Waals surface area contributed by atoms with Gasteiger partial charge in [0.05, 0.1) is 46.9 Å². The Bertz CT molecular complexity index is 4850. The predicted octanol–water partition coefficient (Wildman–Crippen LogP) is 33.9. The highest BCUT2D eigenvalue weighted by atomic mass is 16.2. The van der Waals surface area contributed by atoms with E-state index in [1.165, 1.54) is 228 Å². The molecule has 6 aliphatic rings. The molecule has 0 spiro atoms. The van der Waals surface area contributed by atoms with Crippen LogP contribution in [0.2, 0.25) is 0 Å². The Morgan fingerprint density at radius 3 is 0.596 bits per heavy atom. The fourth-order valence-corrected chi connectivity index (χ4v) is 21.1. The monoisotopic (exact) mass is 1830 g/mol. The van der Waals surface area contributed by atoms with Crippen molar-refractivity contribution in [2.75, 3.05) is 26.2 Å².